The highest BCUT2D eigenvalue weighted by molar-refractivity contribution is 7.89. The molecule has 2 heterocycles. The van der Waals surface area contributed by atoms with Crippen molar-refractivity contribution in [2.24, 2.45) is 0 Å². The minimum atomic E-state index is -3.79. The van der Waals surface area contributed by atoms with Gasteiger partial charge in [-0.1, -0.05) is 36.2 Å². The molecule has 7 heteroatoms. The quantitative estimate of drug-likeness (QED) is 0.584. The minimum Gasteiger partial charge on any atom is -0.435 e. The summed E-state index contributed by atoms with van der Waals surface area (Å²) in [6.07, 6.45) is 2.73. The minimum absolute atomic E-state index is 0.0394. The number of hydrogen-bond donors (Lipinski definition) is 0. The van der Waals surface area contributed by atoms with E-state index in [2.05, 4.69) is 4.98 Å². The van der Waals surface area contributed by atoms with Crippen molar-refractivity contribution in [1.82, 2.24) is 9.29 Å². The fourth-order valence-corrected chi connectivity index (χ4v) is 5.40. The summed E-state index contributed by atoms with van der Waals surface area (Å²) >= 11 is 6.00. The highest BCUT2D eigenvalue weighted by Crippen LogP contribution is 2.36. The lowest BCUT2D eigenvalue weighted by molar-refractivity contribution is 0.268. The summed E-state index contributed by atoms with van der Waals surface area (Å²) in [5.41, 5.74) is 1.35. The molecule has 146 valence electrons. The summed E-state index contributed by atoms with van der Waals surface area (Å²) in [5.74, 6) is 0.530. The molecule has 0 spiro atoms. The van der Waals surface area contributed by atoms with Gasteiger partial charge < -0.3 is 4.42 Å². The summed E-state index contributed by atoms with van der Waals surface area (Å²) in [7, 11) is -3.79. The van der Waals surface area contributed by atoms with Crippen molar-refractivity contribution in [2.75, 3.05) is 6.54 Å². The summed E-state index contributed by atoms with van der Waals surface area (Å²) in [6, 6.07) is 16.2. The van der Waals surface area contributed by atoms with Gasteiger partial charge in [-0.2, -0.15) is 9.29 Å². The first-order valence-corrected chi connectivity index (χ1v) is 11.1. The Morgan fingerprint density at radius 3 is 2.43 bits per heavy atom. The molecular formula is C21H21ClN2O3S. The molecule has 1 aliphatic heterocycles. The molecule has 5 nitrogen and oxygen atoms in total. The molecule has 4 rings (SSSR count). The van der Waals surface area contributed by atoms with E-state index < -0.39 is 10.0 Å². The zero-order valence-electron chi connectivity index (χ0n) is 15.5. The lowest BCUT2D eigenvalue weighted by Gasteiger charge is -2.31. The van der Waals surface area contributed by atoms with Crippen molar-refractivity contribution in [3.8, 4) is 22.8 Å². The molecule has 1 saturated heterocycles. The van der Waals surface area contributed by atoms with E-state index >= 15 is 0 Å². The second-order valence-corrected chi connectivity index (χ2v) is 9.23. The Morgan fingerprint density at radius 2 is 1.75 bits per heavy atom. The van der Waals surface area contributed by atoms with Crippen molar-refractivity contribution in [3.63, 3.8) is 0 Å². The first kappa shape index (κ1) is 19.2. The lowest BCUT2D eigenvalue weighted by Crippen LogP contribution is -2.42. The van der Waals surface area contributed by atoms with E-state index in [-0.39, 0.29) is 22.7 Å². The van der Waals surface area contributed by atoms with Crippen LogP contribution in [-0.2, 0) is 10.0 Å². The topological polar surface area (TPSA) is 63.4 Å². The maximum absolute atomic E-state index is 13.5. The smallest absolute Gasteiger partial charge is 0.264 e. The van der Waals surface area contributed by atoms with Crippen LogP contribution in [0.15, 0.2) is 64.0 Å². The molecule has 3 aromatic rings. The molecule has 0 amide bonds. The lowest BCUT2D eigenvalue weighted by atomic mass is 10.1. The number of halogens is 1. The maximum Gasteiger partial charge on any atom is 0.264 e. The summed E-state index contributed by atoms with van der Waals surface area (Å²) in [5, 5.41) is 0.531. The fraction of sp³-hybridized carbons (Fsp3) is 0.286. The summed E-state index contributed by atoms with van der Waals surface area (Å²) in [4.78, 5) is 4.43. The number of oxazole rings is 1. The van der Waals surface area contributed by atoms with Gasteiger partial charge in [0.15, 0.2) is 5.76 Å². The second kappa shape index (κ2) is 7.70. The van der Waals surface area contributed by atoms with Crippen LogP contribution in [0.4, 0.5) is 0 Å². The number of nitrogens with zero attached hydrogens (tertiary/aromatic N) is 2. The highest BCUT2D eigenvalue weighted by Gasteiger charge is 2.36. The molecule has 1 unspecified atom stereocenters. The van der Waals surface area contributed by atoms with Gasteiger partial charge >= 0.3 is 0 Å². The Hall–Kier alpha value is -2.15. The molecule has 0 radical (unpaired) electrons. The molecule has 1 aromatic heterocycles. The molecular weight excluding hydrogens is 396 g/mol. The first-order valence-electron chi connectivity index (χ1n) is 9.31. The van der Waals surface area contributed by atoms with Gasteiger partial charge in [-0.05, 0) is 56.2 Å². The first-order chi connectivity index (χ1) is 13.5. The average molecular weight is 417 g/mol. The van der Waals surface area contributed by atoms with E-state index in [0.717, 1.165) is 24.8 Å². The van der Waals surface area contributed by atoms with Crippen LogP contribution in [0.3, 0.4) is 0 Å². The highest BCUT2D eigenvalue weighted by atomic mass is 35.5. The Balaban J connectivity index is 1.87. The van der Waals surface area contributed by atoms with Crippen molar-refractivity contribution in [3.05, 3.63) is 59.6 Å². The van der Waals surface area contributed by atoms with E-state index in [1.54, 1.807) is 28.6 Å². The SMILES string of the molecule is CC1CCCCN1S(=O)(=O)c1nc(-c2ccccc2)oc1-c1ccc(Cl)cc1. The molecule has 0 N–H and O–H groups in total. The van der Waals surface area contributed by atoms with Crippen LogP contribution >= 0.6 is 11.6 Å². The van der Waals surface area contributed by atoms with Crippen LogP contribution in [-0.4, -0.2) is 30.3 Å². The van der Waals surface area contributed by atoms with Crippen molar-refractivity contribution in [2.45, 2.75) is 37.3 Å². The maximum atomic E-state index is 13.5. The van der Waals surface area contributed by atoms with Gasteiger partial charge in [-0.15, -0.1) is 0 Å². The number of sulfonamides is 1. The standard InChI is InChI=1S/C21H21ClN2O3S/c1-15-7-5-6-14-24(15)28(25,26)21-19(16-10-12-18(22)13-11-16)27-20(23-21)17-8-3-2-4-9-17/h2-4,8-13,15H,5-7,14H2,1H3. The number of piperidine rings is 1. The molecule has 0 aliphatic carbocycles. The number of aromatic nitrogens is 1. The van der Waals surface area contributed by atoms with E-state index in [1.165, 1.54) is 0 Å². The Labute approximate surface area is 170 Å². The molecule has 2 aromatic carbocycles. The molecule has 1 fully saturated rings. The van der Waals surface area contributed by atoms with Crippen LogP contribution in [0.1, 0.15) is 26.2 Å². The largest absolute Gasteiger partial charge is 0.435 e. The fourth-order valence-electron chi connectivity index (χ4n) is 3.51. The van der Waals surface area contributed by atoms with Crippen LogP contribution in [0.2, 0.25) is 5.02 Å². The zero-order valence-corrected chi connectivity index (χ0v) is 17.1. The van der Waals surface area contributed by atoms with Gasteiger partial charge in [0, 0.05) is 28.7 Å². The number of hydrogen-bond acceptors (Lipinski definition) is 4. The Kier molecular flexibility index (Phi) is 5.27. The summed E-state index contributed by atoms with van der Waals surface area (Å²) < 4.78 is 34.5. The molecule has 0 bridgehead atoms. The van der Waals surface area contributed by atoms with Crippen LogP contribution in [0.25, 0.3) is 22.8 Å². The monoisotopic (exact) mass is 416 g/mol. The van der Waals surface area contributed by atoms with Crippen LogP contribution < -0.4 is 0 Å². The summed E-state index contributed by atoms with van der Waals surface area (Å²) in [6.45, 7) is 2.44. The zero-order chi connectivity index (χ0) is 19.7. The van der Waals surface area contributed by atoms with Gasteiger partial charge in [0.05, 0.1) is 0 Å². The van der Waals surface area contributed by atoms with E-state index in [9.17, 15) is 8.42 Å². The average Bonchev–Trinajstić information content (AvgIpc) is 3.16. The number of rotatable bonds is 4. The third-order valence-electron chi connectivity index (χ3n) is 5.02. The van der Waals surface area contributed by atoms with E-state index in [1.807, 2.05) is 37.3 Å². The molecule has 0 saturated carbocycles. The van der Waals surface area contributed by atoms with Gasteiger partial charge in [-0.3, -0.25) is 0 Å². The Bertz CT molecular complexity index is 1060. The van der Waals surface area contributed by atoms with E-state index in [0.29, 0.717) is 17.1 Å². The normalized spacial score (nSPS) is 18.3. The van der Waals surface area contributed by atoms with Gasteiger partial charge in [0.2, 0.25) is 10.9 Å². The van der Waals surface area contributed by atoms with E-state index in [4.69, 9.17) is 16.0 Å². The molecule has 1 aliphatic rings. The van der Waals surface area contributed by atoms with Gasteiger partial charge in [0.25, 0.3) is 10.0 Å². The predicted octanol–water partition coefficient (Wildman–Crippen LogP) is 5.23. The second-order valence-electron chi connectivity index (χ2n) is 6.99. The van der Waals surface area contributed by atoms with Crippen molar-refractivity contribution in [1.29, 1.82) is 0 Å². The van der Waals surface area contributed by atoms with Crippen molar-refractivity contribution < 1.29 is 12.8 Å². The third-order valence-corrected chi connectivity index (χ3v) is 7.20. The van der Waals surface area contributed by atoms with Gasteiger partial charge in [0.1, 0.15) is 0 Å². The van der Waals surface area contributed by atoms with Crippen LogP contribution in [0.5, 0.6) is 0 Å². The molecule has 1 atom stereocenters. The number of benzene rings is 2. The molecule has 28 heavy (non-hydrogen) atoms. The van der Waals surface area contributed by atoms with Crippen LogP contribution in [0, 0.1) is 0 Å². The van der Waals surface area contributed by atoms with Crippen molar-refractivity contribution >= 4 is 21.6 Å². The third kappa shape index (κ3) is 3.60. The van der Waals surface area contributed by atoms with Gasteiger partial charge in [-0.25, -0.2) is 8.42 Å². The Morgan fingerprint density at radius 1 is 1.04 bits per heavy atom. The predicted molar refractivity (Wildman–Crippen MR) is 110 cm³/mol.